The summed E-state index contributed by atoms with van der Waals surface area (Å²) in [7, 11) is 0. The molecule has 0 saturated heterocycles. The van der Waals surface area contributed by atoms with Crippen molar-refractivity contribution in [2.24, 2.45) is 32.5 Å². The third-order valence-corrected chi connectivity index (χ3v) is 11.6. The Hall–Kier alpha value is -2.50. The van der Waals surface area contributed by atoms with E-state index in [9.17, 15) is 19.2 Å². The quantitative estimate of drug-likeness (QED) is 0.493. The first-order chi connectivity index (χ1) is 15.7. The van der Waals surface area contributed by atoms with Gasteiger partial charge in [-0.05, 0) is 60.8 Å². The zero-order valence-electron chi connectivity index (χ0n) is 21.1. The molecule has 1 aromatic carbocycles. The predicted molar refractivity (Wildman–Crippen MR) is 127 cm³/mol. The molecule has 4 aliphatic rings. The number of hydrogen-bond acceptors (Lipinski definition) is 5. The van der Waals surface area contributed by atoms with Crippen LogP contribution in [-0.4, -0.2) is 23.4 Å². The van der Waals surface area contributed by atoms with Crippen LogP contribution in [0.25, 0.3) is 0 Å². The van der Waals surface area contributed by atoms with Crippen molar-refractivity contribution in [3.8, 4) is 5.75 Å². The lowest BCUT2D eigenvalue weighted by molar-refractivity contribution is -0.151. The van der Waals surface area contributed by atoms with Crippen LogP contribution in [0.3, 0.4) is 0 Å². The number of esters is 1. The van der Waals surface area contributed by atoms with Gasteiger partial charge in [-0.25, -0.2) is 0 Å². The molecule has 5 rings (SSSR count). The molecule has 4 bridgehead atoms. The van der Waals surface area contributed by atoms with Crippen LogP contribution in [0, 0.1) is 32.5 Å². The molecule has 4 unspecified atom stereocenters. The maximum absolute atomic E-state index is 13.4. The van der Waals surface area contributed by atoms with E-state index >= 15 is 0 Å². The van der Waals surface area contributed by atoms with E-state index in [0.29, 0.717) is 30.7 Å². The van der Waals surface area contributed by atoms with Gasteiger partial charge in [0, 0.05) is 29.4 Å². The van der Waals surface area contributed by atoms with Crippen molar-refractivity contribution in [3.63, 3.8) is 0 Å². The highest BCUT2D eigenvalue weighted by Gasteiger charge is 2.74. The molecule has 0 heterocycles. The molecule has 0 radical (unpaired) electrons. The van der Waals surface area contributed by atoms with Gasteiger partial charge in [0.15, 0.2) is 0 Å². The molecule has 4 atom stereocenters. The van der Waals surface area contributed by atoms with Crippen LogP contribution < -0.4 is 10.1 Å². The summed E-state index contributed by atoms with van der Waals surface area (Å²) in [5.41, 5.74) is -2.68. The van der Waals surface area contributed by atoms with Gasteiger partial charge in [0.25, 0.3) is 0 Å². The third kappa shape index (κ3) is 2.42. The van der Waals surface area contributed by atoms with E-state index in [1.807, 2.05) is 41.5 Å². The largest absolute Gasteiger partial charge is 0.426 e. The molecule has 6 heteroatoms. The Labute approximate surface area is 201 Å². The maximum Gasteiger partial charge on any atom is 0.318 e. The van der Waals surface area contributed by atoms with Gasteiger partial charge in [-0.3, -0.25) is 19.2 Å². The van der Waals surface area contributed by atoms with Crippen molar-refractivity contribution in [1.29, 1.82) is 0 Å². The molecule has 1 aromatic rings. The van der Waals surface area contributed by atoms with Crippen LogP contribution >= 0.6 is 0 Å². The van der Waals surface area contributed by atoms with Gasteiger partial charge in [-0.1, -0.05) is 41.5 Å². The number of benzene rings is 1. The van der Waals surface area contributed by atoms with Gasteiger partial charge in [0.05, 0.1) is 10.8 Å². The molecule has 4 aliphatic carbocycles. The van der Waals surface area contributed by atoms with E-state index in [2.05, 4.69) is 5.32 Å². The summed E-state index contributed by atoms with van der Waals surface area (Å²) in [5.74, 6) is 0.252. The number of rotatable bonds is 4. The second kappa shape index (κ2) is 6.58. The van der Waals surface area contributed by atoms with E-state index in [-0.39, 0.29) is 36.3 Å². The van der Waals surface area contributed by atoms with Crippen molar-refractivity contribution < 1.29 is 23.9 Å². The Bertz CT molecular complexity index is 1040. The summed E-state index contributed by atoms with van der Waals surface area (Å²) in [6.45, 7) is 12.1. The molecular formula is C28H35NO5. The number of anilines is 1. The summed E-state index contributed by atoms with van der Waals surface area (Å²) in [6, 6.07) is 6.78. The Morgan fingerprint density at radius 2 is 1.21 bits per heavy atom. The number of ether oxygens (including phenoxy) is 1. The molecule has 1 amide bonds. The number of ketones is 2. The van der Waals surface area contributed by atoms with E-state index in [1.54, 1.807) is 24.3 Å². The monoisotopic (exact) mass is 465 g/mol. The van der Waals surface area contributed by atoms with Crippen LogP contribution in [-0.2, 0) is 19.2 Å². The Morgan fingerprint density at radius 1 is 0.735 bits per heavy atom. The summed E-state index contributed by atoms with van der Waals surface area (Å²) in [5, 5.41) is 3.00. The first-order valence-electron chi connectivity index (χ1n) is 12.4. The SMILES string of the molecule is CC12CCC(C(=O)Nc3ccc(OC(=O)C45CCC(C)(C(=O)C4)C5(C)C)cc3)(CC1=O)C2(C)C. The number of carbonyl (C=O) groups excluding carboxylic acids is 4. The highest BCUT2D eigenvalue weighted by molar-refractivity contribution is 6.04. The summed E-state index contributed by atoms with van der Waals surface area (Å²) in [6.07, 6.45) is 3.33. The number of fused-ring (bicyclic) bond motifs is 4. The molecule has 34 heavy (non-hydrogen) atoms. The Kier molecular flexibility index (Phi) is 4.50. The van der Waals surface area contributed by atoms with Crippen LogP contribution in [0.1, 0.15) is 80.1 Å². The first-order valence-corrected chi connectivity index (χ1v) is 12.4. The molecule has 1 N–H and O–H groups in total. The van der Waals surface area contributed by atoms with Gasteiger partial charge >= 0.3 is 5.97 Å². The van der Waals surface area contributed by atoms with Crippen LogP contribution in [0.5, 0.6) is 5.75 Å². The van der Waals surface area contributed by atoms with Crippen molar-refractivity contribution in [2.45, 2.75) is 80.1 Å². The molecule has 0 aromatic heterocycles. The van der Waals surface area contributed by atoms with Gasteiger partial charge < -0.3 is 10.1 Å². The summed E-state index contributed by atoms with van der Waals surface area (Å²) < 4.78 is 5.77. The average Bonchev–Trinajstić information content (AvgIpc) is 3.23. The van der Waals surface area contributed by atoms with Crippen LogP contribution in [0.4, 0.5) is 5.69 Å². The molecule has 0 aliphatic heterocycles. The number of nitrogens with one attached hydrogen (secondary N) is 1. The molecule has 4 saturated carbocycles. The first kappa shape index (κ1) is 23.3. The topological polar surface area (TPSA) is 89.5 Å². The molecular weight excluding hydrogens is 430 g/mol. The van der Waals surface area contributed by atoms with Crippen LogP contribution in [0.2, 0.25) is 0 Å². The van der Waals surface area contributed by atoms with Gasteiger partial charge in [-0.15, -0.1) is 0 Å². The lowest BCUT2D eigenvalue weighted by atomic mass is 9.64. The fourth-order valence-corrected chi connectivity index (χ4v) is 7.73. The summed E-state index contributed by atoms with van der Waals surface area (Å²) in [4.78, 5) is 52.0. The third-order valence-electron chi connectivity index (χ3n) is 11.6. The minimum absolute atomic E-state index is 0.118. The average molecular weight is 466 g/mol. The van der Waals surface area contributed by atoms with Crippen molar-refractivity contribution in [3.05, 3.63) is 24.3 Å². The fourth-order valence-electron chi connectivity index (χ4n) is 7.73. The lowest BCUT2D eigenvalue weighted by Gasteiger charge is -2.38. The van der Waals surface area contributed by atoms with Crippen molar-refractivity contribution in [1.82, 2.24) is 0 Å². The zero-order chi connectivity index (χ0) is 24.9. The van der Waals surface area contributed by atoms with Gasteiger partial charge in [-0.2, -0.15) is 0 Å². The zero-order valence-corrected chi connectivity index (χ0v) is 21.1. The molecule has 4 fully saturated rings. The molecule has 182 valence electrons. The number of hydrogen-bond donors (Lipinski definition) is 1. The van der Waals surface area contributed by atoms with E-state index < -0.39 is 32.5 Å². The number of amides is 1. The number of carbonyl (C=O) groups is 4. The highest BCUT2D eigenvalue weighted by atomic mass is 16.5. The second-order valence-corrected chi connectivity index (χ2v) is 12.6. The second-order valence-electron chi connectivity index (χ2n) is 12.6. The maximum atomic E-state index is 13.4. The minimum Gasteiger partial charge on any atom is -0.426 e. The normalized spacial score (nSPS) is 38.9. The predicted octanol–water partition coefficient (Wildman–Crippen LogP) is 5.10. The van der Waals surface area contributed by atoms with E-state index in [4.69, 9.17) is 4.74 Å². The van der Waals surface area contributed by atoms with Crippen molar-refractivity contribution in [2.75, 3.05) is 5.32 Å². The summed E-state index contributed by atoms with van der Waals surface area (Å²) >= 11 is 0. The smallest absolute Gasteiger partial charge is 0.318 e. The van der Waals surface area contributed by atoms with Gasteiger partial charge in [0.2, 0.25) is 5.91 Å². The molecule has 6 nitrogen and oxygen atoms in total. The number of Topliss-reactive ketones (excluding diaryl/α,β-unsaturated/α-hetero) is 2. The standard InChI is InChI=1S/C28H35NO5/c1-23(2)25(5)11-13-27(23,15-19(25)30)21(32)29-17-7-9-18(10-8-17)34-22(33)28-14-12-26(6,20(31)16-28)24(28,3)4/h7-10H,11-16H2,1-6H3,(H,29,32). The van der Waals surface area contributed by atoms with Crippen molar-refractivity contribution >= 4 is 29.1 Å². The minimum atomic E-state index is -0.791. The fraction of sp³-hybridized carbons (Fsp3) is 0.643. The van der Waals surface area contributed by atoms with E-state index in [1.165, 1.54) is 0 Å². The Morgan fingerprint density at radius 3 is 1.65 bits per heavy atom. The Balaban J connectivity index is 1.30. The molecule has 0 spiro atoms. The highest BCUT2D eigenvalue weighted by Crippen LogP contribution is 2.71. The van der Waals surface area contributed by atoms with Gasteiger partial charge in [0.1, 0.15) is 17.3 Å². The lowest BCUT2D eigenvalue weighted by Crippen LogP contribution is -2.43. The van der Waals surface area contributed by atoms with Crippen LogP contribution in [0.15, 0.2) is 24.3 Å². The van der Waals surface area contributed by atoms with E-state index in [0.717, 1.165) is 6.42 Å².